The maximum atomic E-state index is 13.4. The number of aliphatic hydroxyl groups excluding tert-OH is 1. The number of nitrogens with zero attached hydrogens (tertiary/aromatic N) is 5. The molecule has 8 nitrogen and oxygen atoms in total. The summed E-state index contributed by atoms with van der Waals surface area (Å²) < 4.78 is 15.3. The van der Waals surface area contributed by atoms with E-state index in [1.54, 1.807) is 29.7 Å². The van der Waals surface area contributed by atoms with E-state index >= 15 is 0 Å². The second-order valence-corrected chi connectivity index (χ2v) is 10.5. The topological polar surface area (TPSA) is 92.8 Å². The molecule has 2 saturated heterocycles. The number of aromatic nitrogens is 1. The number of β-amino-alcohol motifs (C(OH)–C–C–N with tert-alkyl or cyclic N) is 1. The lowest BCUT2D eigenvalue weighted by Crippen LogP contribution is -2.49. The zero-order valence-corrected chi connectivity index (χ0v) is 22.4. The van der Waals surface area contributed by atoms with Crippen LogP contribution >= 0.6 is 24.0 Å². The summed E-state index contributed by atoms with van der Waals surface area (Å²) >= 11 is 6.66. The maximum Gasteiger partial charge on any atom is 0.270 e. The van der Waals surface area contributed by atoms with Gasteiger partial charge in [-0.05, 0) is 43.2 Å². The normalized spacial score (nSPS) is 17.6. The van der Waals surface area contributed by atoms with Crippen LogP contribution in [0.3, 0.4) is 0 Å². The van der Waals surface area contributed by atoms with Gasteiger partial charge in [0.05, 0.1) is 18.1 Å². The molecule has 1 amide bonds. The van der Waals surface area contributed by atoms with Crippen molar-refractivity contribution >= 4 is 46.1 Å². The molecule has 0 aliphatic carbocycles. The number of thiocarbonyl (C=S) groups is 1. The molecule has 0 spiro atoms. The first-order chi connectivity index (χ1) is 17.8. The summed E-state index contributed by atoms with van der Waals surface area (Å²) in [6.45, 7) is 7.56. The molecule has 0 saturated carbocycles. The molecule has 3 heterocycles. The van der Waals surface area contributed by atoms with Crippen LogP contribution < -0.4 is 10.5 Å². The highest BCUT2D eigenvalue weighted by Gasteiger charge is 2.33. The fourth-order valence-corrected chi connectivity index (χ4v) is 5.88. The first-order valence-electron chi connectivity index (χ1n) is 12.0. The Morgan fingerprint density at radius 2 is 1.86 bits per heavy atom. The number of carbonyl (C=O) groups excluding carboxylic acids is 1. The van der Waals surface area contributed by atoms with Crippen molar-refractivity contribution in [2.45, 2.75) is 26.9 Å². The van der Waals surface area contributed by atoms with E-state index in [1.165, 1.54) is 28.8 Å². The summed E-state index contributed by atoms with van der Waals surface area (Å²) in [4.78, 5) is 32.7. The van der Waals surface area contributed by atoms with Gasteiger partial charge >= 0.3 is 0 Å². The Morgan fingerprint density at radius 1 is 1.19 bits per heavy atom. The van der Waals surface area contributed by atoms with Gasteiger partial charge in [0, 0.05) is 44.8 Å². The van der Waals surface area contributed by atoms with E-state index in [9.17, 15) is 24.3 Å². The van der Waals surface area contributed by atoms with E-state index in [1.807, 2.05) is 13.0 Å². The van der Waals surface area contributed by atoms with E-state index in [-0.39, 0.29) is 36.0 Å². The summed E-state index contributed by atoms with van der Waals surface area (Å²) in [7, 11) is 0. The molecule has 0 unspecified atom stereocenters. The molecule has 37 heavy (non-hydrogen) atoms. The minimum absolute atomic E-state index is 0.0533. The second kappa shape index (κ2) is 11.6. The van der Waals surface area contributed by atoms with Gasteiger partial charge in [0.1, 0.15) is 27.6 Å². The molecule has 4 rings (SSSR count). The molecule has 2 aromatic rings. The van der Waals surface area contributed by atoms with Gasteiger partial charge in [-0.1, -0.05) is 36.1 Å². The number of piperazine rings is 1. The summed E-state index contributed by atoms with van der Waals surface area (Å²) in [5.74, 6) is 0.0511. The third kappa shape index (κ3) is 5.48. The predicted octanol–water partition coefficient (Wildman–Crippen LogP) is 2.70. The van der Waals surface area contributed by atoms with Crippen LogP contribution in [-0.2, 0) is 17.9 Å². The van der Waals surface area contributed by atoms with Gasteiger partial charge < -0.3 is 10.0 Å². The average molecular weight is 542 g/mol. The minimum atomic E-state index is -0.353. The third-order valence-corrected chi connectivity index (χ3v) is 8.03. The van der Waals surface area contributed by atoms with Crippen molar-refractivity contribution in [2.75, 3.05) is 44.2 Å². The van der Waals surface area contributed by atoms with Crippen LogP contribution in [0.4, 0.5) is 10.2 Å². The Morgan fingerprint density at radius 3 is 2.46 bits per heavy atom. The fraction of sp³-hybridized carbons (Fsp3) is 0.385. The number of thioether (sulfide) groups is 1. The molecule has 1 aromatic carbocycles. The summed E-state index contributed by atoms with van der Waals surface area (Å²) in [5.41, 5.74) is 1.63. The summed E-state index contributed by atoms with van der Waals surface area (Å²) in [5, 5.41) is 19.0. The monoisotopic (exact) mass is 541 g/mol. The van der Waals surface area contributed by atoms with Gasteiger partial charge in [-0.2, -0.15) is 5.26 Å². The Balaban J connectivity index is 1.75. The van der Waals surface area contributed by atoms with Gasteiger partial charge in [-0.25, -0.2) is 4.39 Å². The van der Waals surface area contributed by atoms with Gasteiger partial charge in [0.25, 0.3) is 11.5 Å². The SMILES string of the molecule is CCn1c(N2CCN(CCO)CC2)c(C=C2SC(=S)N(Cc3ccc(F)cc3)C2=O)c(C)c(C#N)c1=O. The largest absolute Gasteiger partial charge is 0.395 e. The van der Waals surface area contributed by atoms with E-state index in [0.29, 0.717) is 52.3 Å². The number of hydrogen-bond donors (Lipinski definition) is 1. The molecule has 0 radical (unpaired) electrons. The first kappa shape index (κ1) is 27.0. The number of pyridine rings is 1. The Hall–Kier alpha value is -3.04. The number of hydrogen-bond acceptors (Lipinski definition) is 8. The van der Waals surface area contributed by atoms with E-state index < -0.39 is 0 Å². The van der Waals surface area contributed by atoms with E-state index in [4.69, 9.17) is 12.2 Å². The number of halogens is 1. The molecule has 2 fully saturated rings. The van der Waals surface area contributed by atoms with E-state index in [0.717, 1.165) is 18.7 Å². The first-order valence-corrected chi connectivity index (χ1v) is 13.3. The molecule has 11 heteroatoms. The lowest BCUT2D eigenvalue weighted by molar-refractivity contribution is -0.122. The zero-order valence-electron chi connectivity index (χ0n) is 20.7. The molecular weight excluding hydrogens is 513 g/mol. The molecule has 0 atom stereocenters. The lowest BCUT2D eigenvalue weighted by atomic mass is 10.0. The molecule has 0 bridgehead atoms. The standard InChI is InChI=1S/C26H28FN5O3S2/c1-3-31-23(30-10-8-29(9-11-30)12-13-33)20(17(2)21(15-28)24(31)34)14-22-25(35)32(26(36)37-22)16-18-4-6-19(27)7-5-18/h4-7,14,33H,3,8-13,16H2,1-2H3. The van der Waals surface area contributed by atoms with Crippen molar-refractivity contribution in [1.29, 1.82) is 5.26 Å². The third-order valence-electron chi connectivity index (χ3n) is 6.65. The van der Waals surface area contributed by atoms with Crippen molar-refractivity contribution in [3.63, 3.8) is 0 Å². The van der Waals surface area contributed by atoms with E-state index in [2.05, 4.69) is 9.80 Å². The van der Waals surface area contributed by atoms with Crippen molar-refractivity contribution in [1.82, 2.24) is 14.4 Å². The molecular formula is C26H28FN5O3S2. The number of rotatable bonds is 7. The number of anilines is 1. The van der Waals surface area contributed by atoms with Crippen LogP contribution in [-0.4, -0.2) is 69.0 Å². The van der Waals surface area contributed by atoms with Crippen molar-refractivity contribution in [3.8, 4) is 6.07 Å². The summed E-state index contributed by atoms with van der Waals surface area (Å²) in [6, 6.07) is 7.97. The maximum absolute atomic E-state index is 13.4. The smallest absolute Gasteiger partial charge is 0.270 e. The predicted molar refractivity (Wildman–Crippen MR) is 147 cm³/mol. The summed E-state index contributed by atoms with van der Waals surface area (Å²) in [6.07, 6.45) is 1.74. The van der Waals surface area contributed by atoms with Gasteiger partial charge in [-0.15, -0.1) is 0 Å². The van der Waals surface area contributed by atoms with Crippen LogP contribution in [0.15, 0.2) is 34.0 Å². The van der Waals surface area contributed by atoms with Crippen LogP contribution in [0.1, 0.15) is 29.2 Å². The minimum Gasteiger partial charge on any atom is -0.395 e. The highest BCUT2D eigenvalue weighted by atomic mass is 32.2. The zero-order chi connectivity index (χ0) is 26.7. The lowest BCUT2D eigenvalue weighted by Gasteiger charge is -2.37. The number of carbonyl (C=O) groups is 1. The van der Waals surface area contributed by atoms with Gasteiger partial charge in [-0.3, -0.25) is 24.0 Å². The second-order valence-electron chi connectivity index (χ2n) is 8.85. The number of aliphatic hydroxyl groups is 1. The van der Waals surface area contributed by atoms with Crippen LogP contribution in [0.5, 0.6) is 0 Å². The molecule has 2 aliphatic heterocycles. The van der Waals surface area contributed by atoms with Gasteiger partial charge in [0.2, 0.25) is 0 Å². The molecule has 1 aromatic heterocycles. The van der Waals surface area contributed by atoms with Crippen molar-refractivity contribution < 1.29 is 14.3 Å². The quantitative estimate of drug-likeness (QED) is 0.423. The van der Waals surface area contributed by atoms with Crippen molar-refractivity contribution in [3.05, 3.63) is 67.6 Å². The van der Waals surface area contributed by atoms with Crippen LogP contribution in [0, 0.1) is 24.1 Å². The Labute approximate surface area is 224 Å². The number of amides is 1. The highest BCUT2D eigenvalue weighted by Crippen LogP contribution is 2.36. The molecule has 2 aliphatic rings. The number of benzene rings is 1. The number of nitriles is 1. The fourth-order valence-electron chi connectivity index (χ4n) is 4.64. The highest BCUT2D eigenvalue weighted by molar-refractivity contribution is 8.26. The molecule has 1 N–H and O–H groups in total. The van der Waals surface area contributed by atoms with Crippen LogP contribution in [0.2, 0.25) is 0 Å². The molecule has 194 valence electrons. The Bertz CT molecular complexity index is 1340. The van der Waals surface area contributed by atoms with Crippen molar-refractivity contribution in [2.24, 2.45) is 0 Å². The average Bonchev–Trinajstić information content (AvgIpc) is 3.15. The van der Waals surface area contributed by atoms with Gasteiger partial charge in [0.15, 0.2) is 0 Å². The van der Waals surface area contributed by atoms with Crippen LogP contribution in [0.25, 0.3) is 6.08 Å². The Kier molecular flexibility index (Phi) is 8.44.